The van der Waals surface area contributed by atoms with Crippen LogP contribution in [0.5, 0.6) is 11.5 Å². The summed E-state index contributed by atoms with van der Waals surface area (Å²) in [7, 11) is 0. The lowest BCUT2D eigenvalue weighted by Gasteiger charge is -2.11. The highest BCUT2D eigenvalue weighted by Crippen LogP contribution is 2.25. The zero-order chi connectivity index (χ0) is 17.5. The van der Waals surface area contributed by atoms with Crippen molar-refractivity contribution in [1.29, 1.82) is 0 Å². The van der Waals surface area contributed by atoms with Crippen molar-refractivity contribution in [1.82, 2.24) is 0 Å². The molecule has 2 aromatic carbocycles. The summed E-state index contributed by atoms with van der Waals surface area (Å²) in [6.45, 7) is 3.53. The van der Waals surface area contributed by atoms with Crippen LogP contribution in [0.2, 0.25) is 0 Å². The number of nitrogens with one attached hydrogen (secondary N) is 1. The van der Waals surface area contributed by atoms with Crippen LogP contribution in [0.4, 0.5) is 11.4 Å². The van der Waals surface area contributed by atoms with E-state index in [1.54, 1.807) is 30.3 Å². The van der Waals surface area contributed by atoms with Crippen LogP contribution in [0.25, 0.3) is 0 Å². The summed E-state index contributed by atoms with van der Waals surface area (Å²) in [6.07, 6.45) is 0.0699. The first-order chi connectivity index (χ1) is 11.5. The van der Waals surface area contributed by atoms with Crippen molar-refractivity contribution in [3.63, 3.8) is 0 Å². The highest BCUT2D eigenvalue weighted by atomic mass is 16.6. The first-order valence-electron chi connectivity index (χ1n) is 7.38. The van der Waals surface area contributed by atoms with Crippen LogP contribution >= 0.6 is 0 Å². The molecule has 2 aromatic rings. The van der Waals surface area contributed by atoms with Crippen molar-refractivity contribution in [3.8, 4) is 11.5 Å². The number of nitro groups is 1. The predicted molar refractivity (Wildman–Crippen MR) is 89.4 cm³/mol. The van der Waals surface area contributed by atoms with Gasteiger partial charge in [-0.1, -0.05) is 12.1 Å². The van der Waals surface area contributed by atoms with E-state index in [0.29, 0.717) is 11.4 Å². The van der Waals surface area contributed by atoms with Crippen LogP contribution in [0, 0.1) is 10.1 Å². The molecular formula is C17H18N2O5. The SMILES string of the molecule is CC(C)Oc1ccc(NC(=O)COc2ccccc2[N+](=O)[O-])cc1. The highest BCUT2D eigenvalue weighted by Gasteiger charge is 2.14. The Morgan fingerprint density at radius 1 is 1.17 bits per heavy atom. The Kier molecular flexibility index (Phi) is 5.73. The number of carbonyl (C=O) groups excluding carboxylic acids is 1. The maximum atomic E-state index is 11.9. The van der Waals surface area contributed by atoms with Crippen molar-refractivity contribution < 1.29 is 19.2 Å². The number of ether oxygens (including phenoxy) is 2. The van der Waals surface area contributed by atoms with Crippen LogP contribution < -0.4 is 14.8 Å². The fourth-order valence-electron chi connectivity index (χ4n) is 1.96. The lowest BCUT2D eigenvalue weighted by atomic mass is 10.3. The van der Waals surface area contributed by atoms with Crippen LogP contribution in [0.1, 0.15) is 13.8 Å². The van der Waals surface area contributed by atoms with Crippen molar-refractivity contribution in [2.75, 3.05) is 11.9 Å². The second-order valence-corrected chi connectivity index (χ2v) is 5.25. The van der Waals surface area contributed by atoms with Crippen molar-refractivity contribution in [3.05, 3.63) is 58.6 Å². The molecule has 0 aliphatic carbocycles. The number of amides is 1. The molecule has 0 bridgehead atoms. The van der Waals surface area contributed by atoms with E-state index >= 15 is 0 Å². The first kappa shape index (κ1) is 17.3. The number of nitrogens with zero attached hydrogens (tertiary/aromatic N) is 1. The van der Waals surface area contributed by atoms with Crippen molar-refractivity contribution in [2.45, 2.75) is 20.0 Å². The lowest BCUT2D eigenvalue weighted by Crippen LogP contribution is -2.20. The van der Waals surface area contributed by atoms with E-state index < -0.39 is 10.8 Å². The molecule has 0 radical (unpaired) electrons. The van der Waals surface area contributed by atoms with E-state index in [1.165, 1.54) is 18.2 Å². The lowest BCUT2D eigenvalue weighted by molar-refractivity contribution is -0.385. The summed E-state index contributed by atoms with van der Waals surface area (Å²) in [5.41, 5.74) is 0.405. The molecule has 0 heterocycles. The summed E-state index contributed by atoms with van der Waals surface area (Å²) < 4.78 is 10.7. The van der Waals surface area contributed by atoms with E-state index in [4.69, 9.17) is 9.47 Å². The smallest absolute Gasteiger partial charge is 0.310 e. The largest absolute Gasteiger partial charge is 0.491 e. The first-order valence-corrected chi connectivity index (χ1v) is 7.38. The summed E-state index contributed by atoms with van der Waals surface area (Å²) in [6, 6.07) is 12.8. The zero-order valence-electron chi connectivity index (χ0n) is 13.4. The van der Waals surface area contributed by atoms with Crippen molar-refractivity contribution >= 4 is 17.3 Å². The Morgan fingerprint density at radius 2 is 1.83 bits per heavy atom. The van der Waals surface area contributed by atoms with E-state index in [-0.39, 0.29) is 24.1 Å². The fourth-order valence-corrected chi connectivity index (χ4v) is 1.96. The van der Waals surface area contributed by atoms with Crippen LogP contribution in [-0.2, 0) is 4.79 Å². The van der Waals surface area contributed by atoms with Crippen LogP contribution in [0.15, 0.2) is 48.5 Å². The molecule has 1 N–H and O–H groups in total. The summed E-state index contributed by atoms with van der Waals surface area (Å²) in [5, 5.41) is 13.5. The molecule has 24 heavy (non-hydrogen) atoms. The van der Waals surface area contributed by atoms with Crippen LogP contribution in [0.3, 0.4) is 0 Å². The topological polar surface area (TPSA) is 90.7 Å². The van der Waals surface area contributed by atoms with E-state index in [0.717, 1.165) is 0 Å². The minimum absolute atomic E-state index is 0.0540. The minimum Gasteiger partial charge on any atom is -0.491 e. The normalized spacial score (nSPS) is 10.3. The molecule has 0 aromatic heterocycles. The Balaban J connectivity index is 1.91. The molecule has 0 fully saturated rings. The van der Waals surface area contributed by atoms with Gasteiger partial charge in [-0.15, -0.1) is 0 Å². The number of benzene rings is 2. The summed E-state index contributed by atoms with van der Waals surface area (Å²) in [5.74, 6) is 0.350. The average Bonchev–Trinajstić information content (AvgIpc) is 2.54. The number of hydrogen-bond acceptors (Lipinski definition) is 5. The highest BCUT2D eigenvalue weighted by molar-refractivity contribution is 5.91. The Hall–Kier alpha value is -3.09. The molecule has 0 saturated carbocycles. The molecule has 2 rings (SSSR count). The maximum absolute atomic E-state index is 11.9. The number of hydrogen-bond donors (Lipinski definition) is 1. The van der Waals surface area contributed by atoms with E-state index in [9.17, 15) is 14.9 Å². The zero-order valence-corrected chi connectivity index (χ0v) is 13.4. The Bertz CT molecular complexity index is 713. The van der Waals surface area contributed by atoms with Gasteiger partial charge in [0.25, 0.3) is 5.91 Å². The average molecular weight is 330 g/mol. The summed E-state index contributed by atoms with van der Waals surface area (Å²) in [4.78, 5) is 22.2. The third-order valence-electron chi connectivity index (χ3n) is 2.93. The van der Waals surface area contributed by atoms with Gasteiger partial charge in [-0.05, 0) is 44.2 Å². The molecule has 0 aliphatic rings. The van der Waals surface area contributed by atoms with E-state index in [2.05, 4.69) is 5.32 Å². The van der Waals surface area contributed by atoms with Gasteiger partial charge in [0.15, 0.2) is 12.4 Å². The molecule has 0 atom stereocenters. The quantitative estimate of drug-likeness (QED) is 0.620. The van der Waals surface area contributed by atoms with Gasteiger partial charge in [-0.3, -0.25) is 14.9 Å². The van der Waals surface area contributed by atoms with Gasteiger partial charge in [0.05, 0.1) is 11.0 Å². The molecule has 0 unspecified atom stereocenters. The van der Waals surface area contributed by atoms with Gasteiger partial charge in [0.1, 0.15) is 5.75 Å². The van der Waals surface area contributed by atoms with Gasteiger partial charge in [-0.25, -0.2) is 0 Å². The molecule has 7 nitrogen and oxygen atoms in total. The molecule has 126 valence electrons. The van der Waals surface area contributed by atoms with E-state index in [1.807, 2.05) is 13.8 Å². The third-order valence-corrected chi connectivity index (χ3v) is 2.93. The number of para-hydroxylation sites is 2. The number of nitro benzene ring substituents is 1. The second kappa shape index (κ2) is 7.96. The third kappa shape index (κ3) is 4.98. The molecule has 7 heteroatoms. The monoisotopic (exact) mass is 330 g/mol. The van der Waals surface area contributed by atoms with Gasteiger partial charge >= 0.3 is 5.69 Å². The predicted octanol–water partition coefficient (Wildman–Crippen LogP) is 3.40. The Morgan fingerprint density at radius 3 is 2.46 bits per heavy atom. The van der Waals surface area contributed by atoms with Crippen molar-refractivity contribution in [2.24, 2.45) is 0 Å². The molecule has 0 aliphatic heterocycles. The fraction of sp³-hybridized carbons (Fsp3) is 0.235. The number of carbonyl (C=O) groups is 1. The number of anilines is 1. The van der Waals surface area contributed by atoms with Crippen LogP contribution in [-0.4, -0.2) is 23.5 Å². The molecular weight excluding hydrogens is 312 g/mol. The number of rotatable bonds is 7. The molecule has 0 spiro atoms. The second-order valence-electron chi connectivity index (χ2n) is 5.25. The van der Waals surface area contributed by atoms with Gasteiger partial charge in [0, 0.05) is 11.8 Å². The summed E-state index contributed by atoms with van der Waals surface area (Å²) >= 11 is 0. The Labute approximate surface area is 139 Å². The van der Waals surface area contributed by atoms with Gasteiger partial charge in [0.2, 0.25) is 0 Å². The molecule has 0 saturated heterocycles. The standard InChI is InChI=1S/C17H18N2O5/c1-12(2)24-14-9-7-13(8-10-14)18-17(20)11-23-16-6-4-3-5-15(16)19(21)22/h3-10,12H,11H2,1-2H3,(H,18,20). The van der Waals surface area contributed by atoms with Gasteiger partial charge < -0.3 is 14.8 Å². The van der Waals surface area contributed by atoms with Gasteiger partial charge in [-0.2, -0.15) is 0 Å². The molecule has 1 amide bonds. The maximum Gasteiger partial charge on any atom is 0.310 e. The minimum atomic E-state index is -0.555.